The molecule has 1 unspecified atom stereocenters. The number of rotatable bonds is 9. The molecule has 1 amide bonds. The Kier molecular flexibility index (Phi) is 8.82. The highest BCUT2D eigenvalue weighted by atomic mass is 16.5. The number of carbonyl (C=O) groups excluding carboxylic acids is 1. The molecule has 33 heavy (non-hydrogen) atoms. The molecule has 2 aromatic rings. The van der Waals surface area contributed by atoms with Gasteiger partial charge in [0.15, 0.2) is 0 Å². The highest BCUT2D eigenvalue weighted by Gasteiger charge is 2.29. The Bertz CT molecular complexity index is 846. The number of carbonyl (C=O) groups is 1. The third kappa shape index (κ3) is 7.33. The standard InChI is InChI=1S/C29H40N2O2/c1-30(20-18-24-9-4-2-5-10-24)21-25-14-16-28(17-15-25)33-23-26-11-8-19-31(22-26)29(32)27-12-6-3-7-13-27/h2,4-5,9-10,14-17,26-27H,3,6-8,11-13,18-23H2,1H3. The largest absolute Gasteiger partial charge is 0.493 e. The fourth-order valence-electron chi connectivity index (χ4n) is 5.27. The SMILES string of the molecule is CN(CCc1ccccc1)Cc1ccc(OCC2CCCN(C(=O)C3CCCCC3)C2)cc1. The fraction of sp³-hybridized carbons (Fsp3) is 0.552. The summed E-state index contributed by atoms with van der Waals surface area (Å²) < 4.78 is 6.13. The van der Waals surface area contributed by atoms with Gasteiger partial charge in [-0.1, -0.05) is 61.7 Å². The molecule has 4 rings (SSSR count). The molecule has 2 aliphatic rings. The van der Waals surface area contributed by atoms with Gasteiger partial charge in [0.1, 0.15) is 5.75 Å². The highest BCUT2D eigenvalue weighted by molar-refractivity contribution is 5.79. The molecule has 0 spiro atoms. The van der Waals surface area contributed by atoms with Gasteiger partial charge in [-0.25, -0.2) is 0 Å². The predicted octanol–water partition coefficient (Wildman–Crippen LogP) is 5.56. The Morgan fingerprint density at radius 2 is 1.70 bits per heavy atom. The Labute approximate surface area is 199 Å². The summed E-state index contributed by atoms with van der Waals surface area (Å²) >= 11 is 0. The van der Waals surface area contributed by atoms with Crippen molar-refractivity contribution in [3.63, 3.8) is 0 Å². The smallest absolute Gasteiger partial charge is 0.225 e. The van der Waals surface area contributed by atoms with Crippen molar-refractivity contribution in [1.82, 2.24) is 9.80 Å². The van der Waals surface area contributed by atoms with E-state index < -0.39 is 0 Å². The molecule has 1 atom stereocenters. The molecule has 178 valence electrons. The summed E-state index contributed by atoms with van der Waals surface area (Å²) in [5.41, 5.74) is 2.69. The summed E-state index contributed by atoms with van der Waals surface area (Å²) in [7, 11) is 2.18. The average Bonchev–Trinajstić information content (AvgIpc) is 2.88. The van der Waals surface area contributed by atoms with Gasteiger partial charge >= 0.3 is 0 Å². The van der Waals surface area contributed by atoms with E-state index in [-0.39, 0.29) is 5.92 Å². The van der Waals surface area contributed by atoms with Crippen molar-refractivity contribution in [1.29, 1.82) is 0 Å². The molecule has 0 N–H and O–H groups in total. The van der Waals surface area contributed by atoms with Crippen LogP contribution >= 0.6 is 0 Å². The van der Waals surface area contributed by atoms with E-state index >= 15 is 0 Å². The topological polar surface area (TPSA) is 32.8 Å². The van der Waals surface area contributed by atoms with Gasteiger partial charge in [0.2, 0.25) is 5.91 Å². The van der Waals surface area contributed by atoms with Crippen molar-refractivity contribution in [3.8, 4) is 5.75 Å². The molecule has 2 aromatic carbocycles. The maximum absolute atomic E-state index is 12.9. The minimum Gasteiger partial charge on any atom is -0.493 e. The number of piperidine rings is 1. The minimum atomic E-state index is 0.275. The molecule has 1 saturated heterocycles. The molecule has 1 aliphatic carbocycles. The Morgan fingerprint density at radius 3 is 2.45 bits per heavy atom. The summed E-state index contributed by atoms with van der Waals surface area (Å²) in [5, 5.41) is 0. The third-order valence-corrected chi connectivity index (χ3v) is 7.27. The van der Waals surface area contributed by atoms with Crippen molar-refractivity contribution in [3.05, 3.63) is 65.7 Å². The summed E-state index contributed by atoms with van der Waals surface area (Å²) in [6.45, 7) is 4.47. The first-order chi connectivity index (χ1) is 16.2. The van der Waals surface area contributed by atoms with E-state index in [4.69, 9.17) is 4.74 Å². The van der Waals surface area contributed by atoms with E-state index in [2.05, 4.69) is 71.4 Å². The Hall–Kier alpha value is -2.33. The lowest BCUT2D eigenvalue weighted by Gasteiger charge is -2.35. The van der Waals surface area contributed by atoms with Crippen LogP contribution in [0.4, 0.5) is 0 Å². The van der Waals surface area contributed by atoms with Crippen molar-refractivity contribution >= 4 is 5.91 Å². The molecule has 0 bridgehead atoms. The summed E-state index contributed by atoms with van der Waals surface area (Å²) in [6.07, 6.45) is 9.22. The maximum Gasteiger partial charge on any atom is 0.225 e. The molecule has 0 aromatic heterocycles. The van der Waals surface area contributed by atoms with Gasteiger partial charge in [0.05, 0.1) is 6.61 Å². The van der Waals surface area contributed by atoms with Crippen LogP contribution in [0.2, 0.25) is 0 Å². The number of nitrogens with zero attached hydrogens (tertiary/aromatic N) is 2. The second-order valence-electron chi connectivity index (χ2n) is 10.1. The summed E-state index contributed by atoms with van der Waals surface area (Å²) in [5.74, 6) is 2.05. The van der Waals surface area contributed by atoms with Gasteiger partial charge in [-0.15, -0.1) is 0 Å². The van der Waals surface area contributed by atoms with Crippen LogP contribution in [0.25, 0.3) is 0 Å². The van der Waals surface area contributed by atoms with Gasteiger partial charge < -0.3 is 14.5 Å². The van der Waals surface area contributed by atoms with Gasteiger partial charge in [-0.3, -0.25) is 4.79 Å². The number of amides is 1. The number of benzene rings is 2. The molecule has 4 nitrogen and oxygen atoms in total. The number of ether oxygens (including phenoxy) is 1. The van der Waals surface area contributed by atoms with E-state index in [0.29, 0.717) is 18.4 Å². The van der Waals surface area contributed by atoms with E-state index in [0.717, 1.165) is 64.0 Å². The summed E-state index contributed by atoms with van der Waals surface area (Å²) in [6, 6.07) is 19.2. The second-order valence-corrected chi connectivity index (χ2v) is 10.1. The van der Waals surface area contributed by atoms with Crippen LogP contribution in [0.3, 0.4) is 0 Å². The summed E-state index contributed by atoms with van der Waals surface area (Å²) in [4.78, 5) is 17.4. The average molecular weight is 449 g/mol. The number of hydrogen-bond donors (Lipinski definition) is 0. The van der Waals surface area contributed by atoms with E-state index in [1.165, 1.54) is 30.4 Å². The lowest BCUT2D eigenvalue weighted by Crippen LogP contribution is -2.44. The molecule has 2 fully saturated rings. The maximum atomic E-state index is 12.9. The van der Waals surface area contributed by atoms with Gasteiger partial charge in [0, 0.05) is 38.0 Å². The van der Waals surface area contributed by atoms with Gasteiger partial charge in [-0.2, -0.15) is 0 Å². The molecule has 1 heterocycles. The van der Waals surface area contributed by atoms with Crippen LogP contribution in [-0.4, -0.2) is 49.0 Å². The lowest BCUT2D eigenvalue weighted by molar-refractivity contribution is -0.138. The van der Waals surface area contributed by atoms with Crippen molar-refractivity contribution in [2.75, 3.05) is 33.3 Å². The zero-order chi connectivity index (χ0) is 22.9. The van der Waals surface area contributed by atoms with Crippen molar-refractivity contribution < 1.29 is 9.53 Å². The fourth-order valence-corrected chi connectivity index (χ4v) is 5.27. The van der Waals surface area contributed by atoms with Crippen molar-refractivity contribution in [2.45, 2.75) is 57.9 Å². The van der Waals surface area contributed by atoms with E-state index in [1.54, 1.807) is 0 Å². The van der Waals surface area contributed by atoms with E-state index in [9.17, 15) is 4.79 Å². The normalized spacial score (nSPS) is 19.6. The van der Waals surface area contributed by atoms with Crippen LogP contribution in [0.5, 0.6) is 5.75 Å². The molecular formula is C29H40N2O2. The van der Waals surface area contributed by atoms with Gasteiger partial charge in [-0.05, 0) is 62.4 Å². The minimum absolute atomic E-state index is 0.275. The first kappa shape index (κ1) is 23.8. The third-order valence-electron chi connectivity index (χ3n) is 7.27. The molecular weight excluding hydrogens is 408 g/mol. The van der Waals surface area contributed by atoms with Crippen LogP contribution < -0.4 is 4.74 Å². The zero-order valence-electron chi connectivity index (χ0n) is 20.3. The first-order valence-electron chi connectivity index (χ1n) is 12.9. The van der Waals surface area contributed by atoms with Crippen LogP contribution in [0, 0.1) is 11.8 Å². The molecule has 1 aliphatic heterocycles. The van der Waals surface area contributed by atoms with Gasteiger partial charge in [0.25, 0.3) is 0 Å². The van der Waals surface area contributed by atoms with E-state index in [1.807, 2.05) is 0 Å². The van der Waals surface area contributed by atoms with Crippen LogP contribution in [0.1, 0.15) is 56.1 Å². The Balaban J connectivity index is 1.19. The molecule has 0 radical (unpaired) electrons. The zero-order valence-corrected chi connectivity index (χ0v) is 20.3. The van der Waals surface area contributed by atoms with Crippen LogP contribution in [-0.2, 0) is 17.8 Å². The lowest BCUT2D eigenvalue weighted by atomic mass is 9.87. The quantitative estimate of drug-likeness (QED) is 0.504. The first-order valence-corrected chi connectivity index (χ1v) is 12.9. The van der Waals surface area contributed by atoms with Crippen molar-refractivity contribution in [2.24, 2.45) is 11.8 Å². The highest BCUT2D eigenvalue weighted by Crippen LogP contribution is 2.28. The predicted molar refractivity (Wildman–Crippen MR) is 134 cm³/mol. The Morgan fingerprint density at radius 1 is 0.939 bits per heavy atom. The number of hydrogen-bond acceptors (Lipinski definition) is 3. The monoisotopic (exact) mass is 448 g/mol. The molecule has 1 saturated carbocycles. The number of likely N-dealkylation sites (N-methyl/N-ethyl adjacent to an activating group) is 1. The number of likely N-dealkylation sites (tertiary alicyclic amines) is 1. The second kappa shape index (κ2) is 12.2. The van der Waals surface area contributed by atoms with Crippen LogP contribution in [0.15, 0.2) is 54.6 Å². The molecule has 4 heteroatoms.